The van der Waals surface area contributed by atoms with Gasteiger partial charge < -0.3 is 59.4 Å². The maximum atomic E-state index is 11.4. The van der Waals surface area contributed by atoms with Crippen LogP contribution in [0.25, 0.3) is 10.8 Å². The van der Waals surface area contributed by atoms with Crippen molar-refractivity contribution in [3.8, 4) is 0 Å². The Hall–Kier alpha value is 5.34. The van der Waals surface area contributed by atoms with Gasteiger partial charge in [0.2, 0.25) is 0 Å². The minimum absolute atomic E-state index is 0. The zero-order valence-electron chi connectivity index (χ0n) is 19.1. The zero-order valence-corrected chi connectivity index (χ0v) is 37.8. The molecule has 0 aliphatic carbocycles. The summed E-state index contributed by atoms with van der Waals surface area (Å²) in [6, 6.07) is 0.526. The van der Waals surface area contributed by atoms with E-state index >= 15 is 0 Å². The molecule has 0 bridgehead atoms. The summed E-state index contributed by atoms with van der Waals surface area (Å²) in [6.45, 7) is 0. The minimum atomic E-state index is -2.36. The molecule has 34 heavy (non-hydrogen) atoms. The summed E-state index contributed by atoms with van der Waals surface area (Å²) in [5.41, 5.74) is -8.76. The van der Waals surface area contributed by atoms with Gasteiger partial charge in [-0.15, -0.1) is 0 Å². The molecule has 0 N–H and O–H groups in total. The molecule has 18 heteroatoms. The number of hydrogen-bond donors (Lipinski definition) is 0. The summed E-state index contributed by atoms with van der Waals surface area (Å²) in [5, 5.41) is 65.8. The van der Waals surface area contributed by atoms with E-state index in [1.165, 1.54) is 0 Å². The van der Waals surface area contributed by atoms with Crippen molar-refractivity contribution in [1.29, 1.82) is 0 Å². The van der Waals surface area contributed by atoms with E-state index in [1.54, 1.807) is 0 Å². The molecule has 0 atom stereocenters. The van der Waals surface area contributed by atoms with Crippen LogP contribution in [-0.2, 0) is 0 Å². The standard InChI is InChI=1S/C16H8O12.6K/c17-11(18)5-1-3-4(8(14(23)24)9(5)15(25)26)2-6(12(19)20)10(16(27)28)7(3)13(21)22;;;;;;/h1-2H,(H,17,18)(H,19,20)(H,21,22)(H,23,24)(H,25,26)(H,27,28);;;;;;/q;6*+1/p-6. The van der Waals surface area contributed by atoms with Crippen LogP contribution in [0.5, 0.6) is 0 Å². The van der Waals surface area contributed by atoms with Gasteiger partial charge in [-0.1, -0.05) is 0 Å². The Labute approximate surface area is 446 Å². The largest absolute Gasteiger partial charge is 1.00 e. The van der Waals surface area contributed by atoms with Gasteiger partial charge >= 0.3 is 308 Å². The smallest absolute Gasteiger partial charge is 0.545 e. The maximum Gasteiger partial charge on any atom is 1.00 e. The van der Waals surface area contributed by atoms with Gasteiger partial charge in [0.05, 0.1) is 35.8 Å². The van der Waals surface area contributed by atoms with Gasteiger partial charge in [0, 0.05) is 33.4 Å². The van der Waals surface area contributed by atoms with Crippen LogP contribution in [-0.4, -0.2) is 35.8 Å². The Morgan fingerprint density at radius 3 is 0.735 bits per heavy atom. The number of carbonyl (C=O) groups excluding carboxylic acids is 6. The molecule has 0 saturated carbocycles. The van der Waals surface area contributed by atoms with Crippen LogP contribution in [0.15, 0.2) is 12.1 Å². The zero-order chi connectivity index (χ0) is 21.5. The van der Waals surface area contributed by atoms with Crippen LogP contribution in [0, 0.1) is 0 Å². The number of carboxylic acid groups (broad SMARTS) is 6. The molecule has 0 amide bonds. The number of aromatic carboxylic acids is 6. The van der Waals surface area contributed by atoms with Gasteiger partial charge in [-0.3, -0.25) is 0 Å². The van der Waals surface area contributed by atoms with Crippen molar-refractivity contribution < 1.29 is 368 Å². The summed E-state index contributed by atoms with van der Waals surface area (Å²) in [5.74, 6) is -14.0. The Bertz CT molecular complexity index is 1060. The monoisotopic (exact) mass is 620 g/mol. The Morgan fingerprint density at radius 2 is 0.588 bits per heavy atom. The van der Waals surface area contributed by atoms with Crippen LogP contribution >= 0.6 is 0 Å². The Kier molecular flexibility index (Phi) is 31.7. The summed E-state index contributed by atoms with van der Waals surface area (Å²) in [7, 11) is 0. The van der Waals surface area contributed by atoms with E-state index in [0.717, 1.165) is 0 Å². The van der Waals surface area contributed by atoms with Gasteiger partial charge in [0.1, 0.15) is 0 Å². The van der Waals surface area contributed by atoms with Crippen molar-refractivity contribution in [2.45, 2.75) is 0 Å². The first-order chi connectivity index (χ1) is 12.9. The topological polar surface area (TPSA) is 241 Å². The summed E-state index contributed by atoms with van der Waals surface area (Å²) < 4.78 is 0. The average Bonchev–Trinajstić information content (AvgIpc) is 2.56. The van der Waals surface area contributed by atoms with Crippen LogP contribution in [0.3, 0.4) is 0 Å². The molecule has 0 saturated heterocycles. The van der Waals surface area contributed by atoms with Crippen molar-refractivity contribution in [2.75, 3.05) is 0 Å². The number of carbonyl (C=O) groups is 6. The van der Waals surface area contributed by atoms with Crippen molar-refractivity contribution in [1.82, 2.24) is 0 Å². The molecular formula is C16H2K6O12. The van der Waals surface area contributed by atoms with Gasteiger partial charge in [-0.05, 0) is 22.9 Å². The normalized spacial score (nSPS) is 8.59. The second-order valence-electron chi connectivity index (χ2n) is 5.17. The van der Waals surface area contributed by atoms with E-state index in [4.69, 9.17) is 0 Å². The molecule has 144 valence electrons. The third-order valence-electron chi connectivity index (χ3n) is 3.70. The van der Waals surface area contributed by atoms with Gasteiger partial charge in [-0.25, -0.2) is 0 Å². The second kappa shape index (κ2) is 22.0. The Balaban J connectivity index is -0.000000467. The fourth-order valence-corrected chi connectivity index (χ4v) is 2.71. The third-order valence-corrected chi connectivity index (χ3v) is 3.70. The molecule has 12 nitrogen and oxygen atoms in total. The van der Waals surface area contributed by atoms with Crippen LogP contribution in [0.1, 0.15) is 62.1 Å². The van der Waals surface area contributed by atoms with Crippen LogP contribution in [0.2, 0.25) is 0 Å². The molecule has 0 aliphatic heterocycles. The van der Waals surface area contributed by atoms with E-state index in [9.17, 15) is 59.4 Å². The summed E-state index contributed by atoms with van der Waals surface area (Å²) in [4.78, 5) is 67.8. The number of carboxylic acids is 6. The fourth-order valence-electron chi connectivity index (χ4n) is 2.71. The molecule has 0 radical (unpaired) electrons. The predicted molar refractivity (Wildman–Crippen MR) is 69.9 cm³/mol. The molecule has 0 aliphatic rings. The number of benzene rings is 2. The van der Waals surface area contributed by atoms with E-state index < -0.39 is 80.0 Å². The number of hydrogen-bond acceptors (Lipinski definition) is 12. The van der Waals surface area contributed by atoms with Gasteiger partial charge in [0.25, 0.3) is 0 Å². The van der Waals surface area contributed by atoms with Crippen molar-refractivity contribution in [3.63, 3.8) is 0 Å². The first-order valence-corrected chi connectivity index (χ1v) is 6.85. The van der Waals surface area contributed by atoms with E-state index in [2.05, 4.69) is 0 Å². The molecule has 0 aromatic heterocycles. The molecule has 0 fully saturated rings. The van der Waals surface area contributed by atoms with E-state index in [1.807, 2.05) is 0 Å². The molecule has 0 spiro atoms. The van der Waals surface area contributed by atoms with Crippen LogP contribution in [0.4, 0.5) is 0 Å². The minimum Gasteiger partial charge on any atom is -0.545 e. The fraction of sp³-hybridized carbons (Fsp3) is 0. The molecule has 2 aromatic carbocycles. The van der Waals surface area contributed by atoms with Gasteiger partial charge in [0.15, 0.2) is 0 Å². The van der Waals surface area contributed by atoms with E-state index in [0.29, 0.717) is 0 Å². The number of fused-ring (bicyclic) bond motifs is 1. The van der Waals surface area contributed by atoms with Gasteiger partial charge in [-0.2, -0.15) is 0 Å². The first-order valence-electron chi connectivity index (χ1n) is 6.85. The average molecular weight is 621 g/mol. The maximum absolute atomic E-state index is 11.4. The second-order valence-corrected chi connectivity index (χ2v) is 5.17. The molecule has 2 rings (SSSR count). The number of rotatable bonds is 6. The SMILES string of the molecule is O=C([O-])c1cc2c(C(=O)[O-])c(C(=O)[O-])c(C(=O)[O-])cc2c(C(=O)[O-])c1C(=O)[O-].[K+].[K+].[K+].[K+].[K+].[K+]. The van der Waals surface area contributed by atoms with Crippen molar-refractivity contribution >= 4 is 46.6 Å². The quantitative estimate of drug-likeness (QED) is 0.273. The van der Waals surface area contributed by atoms with E-state index in [-0.39, 0.29) is 320 Å². The van der Waals surface area contributed by atoms with Crippen LogP contribution < -0.4 is 339 Å². The summed E-state index contributed by atoms with van der Waals surface area (Å²) in [6.07, 6.45) is 0. The first kappa shape index (κ1) is 49.0. The molecule has 0 heterocycles. The predicted octanol–water partition coefficient (Wildman–Crippen LogP) is -25.0. The van der Waals surface area contributed by atoms with Crippen molar-refractivity contribution in [3.05, 3.63) is 45.5 Å². The Morgan fingerprint density at radius 1 is 0.382 bits per heavy atom. The molecule has 0 unspecified atom stereocenters. The summed E-state index contributed by atoms with van der Waals surface area (Å²) >= 11 is 0. The van der Waals surface area contributed by atoms with Crippen molar-refractivity contribution in [2.24, 2.45) is 0 Å². The molecule has 2 aromatic rings. The molecular weight excluding hydrogens is 619 g/mol. The third kappa shape index (κ3) is 11.5.